The van der Waals surface area contributed by atoms with Crippen molar-refractivity contribution in [3.63, 3.8) is 0 Å². The Labute approximate surface area is 49.3 Å². The number of rotatable bonds is 4. The van der Waals surface area contributed by atoms with Crippen LogP contribution < -0.4 is 11.1 Å². The van der Waals surface area contributed by atoms with Crippen LogP contribution in [-0.2, 0) is 0 Å². The molecule has 0 aliphatic rings. The highest BCUT2D eigenvalue weighted by atomic mass is 19.1. The zero-order valence-corrected chi connectivity index (χ0v) is 5.15. The topological polar surface area (TPSA) is 38.0 Å². The first-order chi connectivity index (χ1) is 3.77. The van der Waals surface area contributed by atoms with E-state index in [2.05, 4.69) is 5.32 Å². The minimum absolute atomic E-state index is 0.414. The molecule has 3 heteroatoms. The smallest absolute Gasteiger partial charge is 0.110 e. The number of nitrogens with one attached hydrogen (secondary N) is 1. The van der Waals surface area contributed by atoms with E-state index in [1.54, 1.807) is 0 Å². The Morgan fingerprint density at radius 2 is 2.38 bits per heavy atom. The lowest BCUT2D eigenvalue weighted by Crippen LogP contribution is -2.27. The average molecular weight is 120 g/mol. The second-order valence-electron chi connectivity index (χ2n) is 1.77. The minimum Gasteiger partial charge on any atom is -0.329 e. The summed E-state index contributed by atoms with van der Waals surface area (Å²) in [5.41, 5.74) is 5.13. The molecule has 0 aromatic rings. The van der Waals surface area contributed by atoms with Gasteiger partial charge in [0, 0.05) is 19.6 Å². The lowest BCUT2D eigenvalue weighted by atomic mass is 10.4. The molecule has 0 saturated heterocycles. The van der Waals surface area contributed by atoms with Gasteiger partial charge in [0.25, 0.3) is 0 Å². The minimum atomic E-state index is -0.762. The molecule has 0 fully saturated rings. The van der Waals surface area contributed by atoms with Gasteiger partial charge in [0.1, 0.15) is 6.17 Å². The SMILES string of the molecule is CC(F)CNCCN. The third kappa shape index (κ3) is 5.85. The van der Waals surface area contributed by atoms with Gasteiger partial charge >= 0.3 is 0 Å². The number of alkyl halides is 1. The maximum atomic E-state index is 11.9. The first kappa shape index (κ1) is 7.85. The largest absolute Gasteiger partial charge is 0.329 e. The summed E-state index contributed by atoms with van der Waals surface area (Å²) in [7, 11) is 0. The molecule has 0 amide bonds. The molecule has 0 spiro atoms. The molecule has 0 radical (unpaired) electrons. The Balaban J connectivity index is 2.72. The van der Waals surface area contributed by atoms with Gasteiger partial charge in [-0.2, -0.15) is 0 Å². The standard InChI is InChI=1S/C5H13FN2/c1-5(6)4-8-3-2-7/h5,8H,2-4,7H2,1H3. The van der Waals surface area contributed by atoms with Crippen molar-refractivity contribution >= 4 is 0 Å². The van der Waals surface area contributed by atoms with Crippen molar-refractivity contribution in [1.29, 1.82) is 0 Å². The van der Waals surface area contributed by atoms with Gasteiger partial charge in [-0.05, 0) is 6.92 Å². The maximum absolute atomic E-state index is 11.9. The van der Waals surface area contributed by atoms with Crippen molar-refractivity contribution in [3.05, 3.63) is 0 Å². The van der Waals surface area contributed by atoms with Gasteiger partial charge in [-0.25, -0.2) is 4.39 Å². The molecular formula is C5H13FN2. The zero-order valence-electron chi connectivity index (χ0n) is 5.15. The van der Waals surface area contributed by atoms with Crippen LogP contribution in [-0.4, -0.2) is 25.8 Å². The van der Waals surface area contributed by atoms with Gasteiger partial charge < -0.3 is 11.1 Å². The highest BCUT2D eigenvalue weighted by Crippen LogP contribution is 1.81. The van der Waals surface area contributed by atoms with E-state index in [4.69, 9.17) is 5.73 Å². The third-order valence-electron chi connectivity index (χ3n) is 0.747. The molecule has 50 valence electrons. The van der Waals surface area contributed by atoms with Crippen LogP contribution in [0.25, 0.3) is 0 Å². The predicted octanol–water partition coefficient (Wildman–Crippen LogP) is -0.107. The monoisotopic (exact) mass is 120 g/mol. The quantitative estimate of drug-likeness (QED) is 0.508. The molecule has 1 atom stereocenters. The second kappa shape index (κ2) is 5.00. The Bertz CT molecular complexity index is 47.7. The number of hydrogen-bond donors (Lipinski definition) is 2. The lowest BCUT2D eigenvalue weighted by Gasteiger charge is -2.01. The molecule has 0 rings (SSSR count). The summed E-state index contributed by atoms with van der Waals surface area (Å²) in [5, 5.41) is 2.83. The Kier molecular flexibility index (Phi) is 4.90. The van der Waals surface area contributed by atoms with Gasteiger partial charge in [-0.1, -0.05) is 0 Å². The average Bonchev–Trinajstić information content (AvgIpc) is 1.66. The molecule has 0 aliphatic heterocycles. The summed E-state index contributed by atoms with van der Waals surface area (Å²) in [6.07, 6.45) is -0.762. The zero-order chi connectivity index (χ0) is 6.41. The van der Waals surface area contributed by atoms with Crippen LogP contribution in [0.5, 0.6) is 0 Å². The Morgan fingerprint density at radius 1 is 1.75 bits per heavy atom. The van der Waals surface area contributed by atoms with Crippen LogP contribution in [0.15, 0.2) is 0 Å². The van der Waals surface area contributed by atoms with E-state index < -0.39 is 6.17 Å². The fraction of sp³-hybridized carbons (Fsp3) is 1.00. The molecule has 1 unspecified atom stereocenters. The van der Waals surface area contributed by atoms with Crippen LogP contribution >= 0.6 is 0 Å². The summed E-state index contributed by atoms with van der Waals surface area (Å²) in [4.78, 5) is 0. The molecular weight excluding hydrogens is 107 g/mol. The van der Waals surface area contributed by atoms with E-state index >= 15 is 0 Å². The van der Waals surface area contributed by atoms with Gasteiger partial charge in [-0.3, -0.25) is 0 Å². The molecule has 0 aromatic carbocycles. The highest BCUT2D eigenvalue weighted by molar-refractivity contribution is 4.52. The van der Waals surface area contributed by atoms with Crippen LogP contribution in [0.2, 0.25) is 0 Å². The molecule has 3 N–H and O–H groups in total. The first-order valence-corrected chi connectivity index (χ1v) is 2.82. The molecule has 2 nitrogen and oxygen atoms in total. The summed E-state index contributed by atoms with van der Waals surface area (Å²) in [6, 6.07) is 0. The third-order valence-corrected chi connectivity index (χ3v) is 0.747. The van der Waals surface area contributed by atoms with Crippen LogP contribution in [0, 0.1) is 0 Å². The highest BCUT2D eigenvalue weighted by Gasteiger charge is 1.92. The van der Waals surface area contributed by atoms with E-state index in [1.807, 2.05) is 0 Å². The Morgan fingerprint density at radius 3 is 2.75 bits per heavy atom. The summed E-state index contributed by atoms with van der Waals surface area (Å²) >= 11 is 0. The van der Waals surface area contributed by atoms with E-state index in [9.17, 15) is 4.39 Å². The van der Waals surface area contributed by atoms with Crippen molar-refractivity contribution in [2.45, 2.75) is 13.1 Å². The van der Waals surface area contributed by atoms with Crippen molar-refractivity contribution < 1.29 is 4.39 Å². The molecule has 0 aliphatic carbocycles. The van der Waals surface area contributed by atoms with Gasteiger partial charge in [0.05, 0.1) is 0 Å². The number of hydrogen-bond acceptors (Lipinski definition) is 2. The van der Waals surface area contributed by atoms with E-state index in [1.165, 1.54) is 6.92 Å². The first-order valence-electron chi connectivity index (χ1n) is 2.82. The second-order valence-corrected chi connectivity index (χ2v) is 1.77. The fourth-order valence-electron chi connectivity index (χ4n) is 0.403. The molecule has 0 aromatic heterocycles. The predicted molar refractivity (Wildman–Crippen MR) is 32.5 cm³/mol. The van der Waals surface area contributed by atoms with Crippen LogP contribution in [0.1, 0.15) is 6.92 Å². The molecule has 0 saturated carbocycles. The molecule has 0 heterocycles. The molecule has 0 bridgehead atoms. The van der Waals surface area contributed by atoms with E-state index in [0.29, 0.717) is 19.6 Å². The van der Waals surface area contributed by atoms with Crippen molar-refractivity contribution in [1.82, 2.24) is 5.32 Å². The summed E-state index contributed by atoms with van der Waals surface area (Å²) in [6.45, 7) is 3.21. The summed E-state index contributed by atoms with van der Waals surface area (Å²) in [5.74, 6) is 0. The van der Waals surface area contributed by atoms with Crippen molar-refractivity contribution in [2.75, 3.05) is 19.6 Å². The Hall–Kier alpha value is -0.150. The van der Waals surface area contributed by atoms with Crippen molar-refractivity contribution in [2.24, 2.45) is 5.73 Å². The van der Waals surface area contributed by atoms with E-state index in [0.717, 1.165) is 0 Å². The number of nitrogens with two attached hydrogens (primary N) is 1. The van der Waals surface area contributed by atoms with Gasteiger partial charge in [0.2, 0.25) is 0 Å². The normalized spacial score (nSPS) is 13.9. The van der Waals surface area contributed by atoms with Crippen LogP contribution in [0.3, 0.4) is 0 Å². The van der Waals surface area contributed by atoms with Gasteiger partial charge in [-0.15, -0.1) is 0 Å². The fourth-order valence-corrected chi connectivity index (χ4v) is 0.403. The number of halogens is 1. The summed E-state index contributed by atoms with van der Waals surface area (Å²) < 4.78 is 11.9. The van der Waals surface area contributed by atoms with E-state index in [-0.39, 0.29) is 0 Å². The lowest BCUT2D eigenvalue weighted by molar-refractivity contribution is 0.346. The molecule has 8 heavy (non-hydrogen) atoms. The van der Waals surface area contributed by atoms with Crippen LogP contribution in [0.4, 0.5) is 4.39 Å². The van der Waals surface area contributed by atoms with Crippen molar-refractivity contribution in [3.8, 4) is 0 Å². The maximum Gasteiger partial charge on any atom is 0.110 e. The van der Waals surface area contributed by atoms with Gasteiger partial charge in [0.15, 0.2) is 0 Å².